The van der Waals surface area contributed by atoms with E-state index >= 15 is 0 Å². The van der Waals surface area contributed by atoms with Gasteiger partial charge in [-0.05, 0) is 62.0 Å². The van der Waals surface area contributed by atoms with Crippen molar-refractivity contribution in [2.24, 2.45) is 24.3 Å². The highest BCUT2D eigenvalue weighted by molar-refractivity contribution is 6.36. The summed E-state index contributed by atoms with van der Waals surface area (Å²) in [5.41, 5.74) is 0.152. The van der Waals surface area contributed by atoms with E-state index < -0.39 is 41.0 Å². The van der Waals surface area contributed by atoms with Crippen molar-refractivity contribution in [2.75, 3.05) is 18.9 Å². The average molecular weight is 598 g/mol. The fraction of sp³-hybridized carbons (Fsp3) is 0.567. The molecule has 5 rings (SSSR count). The first kappa shape index (κ1) is 33.2. The van der Waals surface area contributed by atoms with Gasteiger partial charge in [0.1, 0.15) is 24.0 Å². The van der Waals surface area contributed by atoms with Crippen LogP contribution in [-0.4, -0.2) is 63.2 Å². The zero-order valence-electron chi connectivity index (χ0n) is 25.6. The van der Waals surface area contributed by atoms with Gasteiger partial charge in [-0.15, -0.1) is 0 Å². The lowest BCUT2D eigenvalue weighted by atomic mass is 9.49. The maximum Gasteiger partial charge on any atom is 0.287 e. The van der Waals surface area contributed by atoms with Crippen LogP contribution in [0, 0.1) is 17.3 Å². The van der Waals surface area contributed by atoms with Gasteiger partial charge in [0, 0.05) is 33.3 Å². The van der Waals surface area contributed by atoms with E-state index in [2.05, 4.69) is 40.1 Å². The molecule has 2 heterocycles. The van der Waals surface area contributed by atoms with Crippen LogP contribution in [-0.2, 0) is 32.8 Å². The van der Waals surface area contributed by atoms with E-state index in [0.717, 1.165) is 21.8 Å². The summed E-state index contributed by atoms with van der Waals surface area (Å²) in [6.07, 6.45) is 9.69. The van der Waals surface area contributed by atoms with Gasteiger partial charge in [-0.3, -0.25) is 28.8 Å². The van der Waals surface area contributed by atoms with Gasteiger partial charge < -0.3 is 30.4 Å². The molecule has 0 aliphatic heterocycles. The van der Waals surface area contributed by atoms with Gasteiger partial charge in [0.05, 0.1) is 12.5 Å². The van der Waals surface area contributed by atoms with E-state index in [0.29, 0.717) is 0 Å². The molecule has 1 unspecified atom stereocenters. The molecule has 0 radical (unpaired) electrons. The molecular formula is C30H43N7O6. The zero-order valence-corrected chi connectivity index (χ0v) is 25.6. The number of ketones is 1. The minimum absolute atomic E-state index is 0.119. The Labute approximate surface area is 251 Å². The van der Waals surface area contributed by atoms with Gasteiger partial charge in [0.2, 0.25) is 17.6 Å². The molecule has 0 aromatic carbocycles. The summed E-state index contributed by atoms with van der Waals surface area (Å²) in [6.45, 7) is 6.57. The quantitative estimate of drug-likeness (QED) is 0.283. The van der Waals surface area contributed by atoms with Crippen LogP contribution >= 0.6 is 0 Å². The number of nitrogens with zero attached hydrogens (tertiary/aromatic N) is 3. The lowest BCUT2D eigenvalue weighted by molar-refractivity contribution is -0.138. The predicted octanol–water partition coefficient (Wildman–Crippen LogP) is 1.38. The molecule has 3 atom stereocenters. The highest BCUT2D eigenvalue weighted by atomic mass is 16.2. The molecule has 0 spiro atoms. The number of hydrogen-bond donors (Lipinski definition) is 4. The third-order valence-electron chi connectivity index (χ3n) is 8.57. The van der Waals surface area contributed by atoms with E-state index in [4.69, 9.17) is 0 Å². The number of amides is 4. The number of aromatic nitrogens is 3. The van der Waals surface area contributed by atoms with Crippen molar-refractivity contribution in [2.45, 2.75) is 71.9 Å². The molecule has 3 aliphatic rings. The first-order chi connectivity index (χ1) is 20.4. The topological polar surface area (TPSA) is 173 Å². The molecule has 3 fully saturated rings. The second-order valence-electron chi connectivity index (χ2n) is 11.6. The largest absolute Gasteiger partial charge is 0.358 e. The molecule has 13 heteroatoms. The monoisotopic (exact) mass is 597 g/mol. The number of aryl methyl sites for hydroxylation is 1. The van der Waals surface area contributed by atoms with Crippen molar-refractivity contribution in [3.63, 3.8) is 0 Å². The number of fused-ring (bicyclic) bond motifs is 2. The summed E-state index contributed by atoms with van der Waals surface area (Å²) < 4.78 is 2.55. The highest BCUT2D eigenvalue weighted by Gasteiger charge is 2.49. The van der Waals surface area contributed by atoms with E-state index in [9.17, 15) is 28.8 Å². The standard InChI is InChI=1S/C21H27N7O6.C9H16/c1-4-24-20(33)16(29)8-7-13(25-19(32)15-10-23-12-27(15)3)18(31)26-14-6-5-9-28(21(14)34)11-17(30)22-2;1-9(2)7-4-3-5-8(9)6-7/h5-6,9-10,12-13H,4,7-8,11H2,1-3H3,(H,22,30)(H,24,33)(H,25,32)(H,26,31);7-8H,3-6H2,1-2H3/t13-;7-,8?/m00/s1. The molecule has 2 aromatic heterocycles. The van der Waals surface area contributed by atoms with Gasteiger partial charge in [-0.25, -0.2) is 4.98 Å². The van der Waals surface area contributed by atoms with Crippen molar-refractivity contribution < 1.29 is 24.0 Å². The van der Waals surface area contributed by atoms with Gasteiger partial charge in [-0.2, -0.15) is 0 Å². The van der Waals surface area contributed by atoms with Crippen LogP contribution in [0.1, 0.15) is 69.8 Å². The zero-order chi connectivity index (χ0) is 31.7. The second kappa shape index (κ2) is 14.7. The molecule has 0 saturated heterocycles. The van der Waals surface area contributed by atoms with Crippen molar-refractivity contribution in [3.05, 3.63) is 46.9 Å². The number of carbonyl (C=O) groups is 5. The van der Waals surface area contributed by atoms with Gasteiger partial charge in [0.15, 0.2) is 0 Å². The molecule has 2 aromatic rings. The van der Waals surface area contributed by atoms with Crippen LogP contribution in [0.3, 0.4) is 0 Å². The van der Waals surface area contributed by atoms with Crippen molar-refractivity contribution in [1.29, 1.82) is 0 Å². The lowest BCUT2D eigenvalue weighted by Gasteiger charge is -2.56. The smallest absolute Gasteiger partial charge is 0.287 e. The van der Waals surface area contributed by atoms with Crippen molar-refractivity contribution in [3.8, 4) is 0 Å². The van der Waals surface area contributed by atoms with Crippen molar-refractivity contribution >= 4 is 35.1 Å². The van der Waals surface area contributed by atoms with Crippen LogP contribution in [0.15, 0.2) is 35.6 Å². The summed E-state index contributed by atoms with van der Waals surface area (Å²) in [7, 11) is 3.02. The van der Waals surface area contributed by atoms with Gasteiger partial charge in [-0.1, -0.05) is 20.3 Å². The predicted molar refractivity (Wildman–Crippen MR) is 160 cm³/mol. The molecule has 2 bridgehead atoms. The Bertz CT molecular complexity index is 1380. The molecule has 4 N–H and O–H groups in total. The summed E-state index contributed by atoms with van der Waals surface area (Å²) >= 11 is 0. The summed E-state index contributed by atoms with van der Waals surface area (Å²) in [4.78, 5) is 77.5. The molecule has 13 nitrogen and oxygen atoms in total. The van der Waals surface area contributed by atoms with Gasteiger partial charge >= 0.3 is 0 Å². The Morgan fingerprint density at radius 3 is 2.37 bits per heavy atom. The average Bonchev–Trinajstić information content (AvgIpc) is 3.43. The van der Waals surface area contributed by atoms with Crippen LogP contribution in [0.5, 0.6) is 0 Å². The summed E-state index contributed by atoms with van der Waals surface area (Å²) in [5.74, 6) is -1.16. The number of likely N-dealkylation sites (N-methyl/N-ethyl adjacent to an activating group) is 2. The van der Waals surface area contributed by atoms with Crippen LogP contribution in [0.2, 0.25) is 0 Å². The van der Waals surface area contributed by atoms with Gasteiger partial charge in [0.25, 0.3) is 17.4 Å². The van der Waals surface area contributed by atoms with E-state index in [1.807, 2.05) is 0 Å². The minimum atomic E-state index is -1.24. The fourth-order valence-corrected chi connectivity index (χ4v) is 5.65. The van der Waals surface area contributed by atoms with E-state index in [1.165, 1.54) is 61.7 Å². The van der Waals surface area contributed by atoms with E-state index in [-0.39, 0.29) is 37.3 Å². The Balaban J connectivity index is 0.000000471. The third-order valence-corrected chi connectivity index (χ3v) is 8.57. The van der Waals surface area contributed by atoms with Crippen LogP contribution < -0.4 is 26.8 Å². The molecule has 43 heavy (non-hydrogen) atoms. The molecule has 4 amide bonds. The number of anilines is 1. The number of rotatable bonds is 11. The molecule has 3 saturated carbocycles. The van der Waals surface area contributed by atoms with Crippen LogP contribution in [0.4, 0.5) is 5.69 Å². The first-order valence-electron chi connectivity index (χ1n) is 14.7. The third kappa shape index (κ3) is 8.39. The minimum Gasteiger partial charge on any atom is -0.358 e. The Hall–Kier alpha value is -4.29. The normalized spacial score (nSPS) is 18.5. The molecule has 3 aliphatic carbocycles. The fourth-order valence-electron chi connectivity index (χ4n) is 5.65. The second-order valence-corrected chi connectivity index (χ2v) is 11.6. The SMILES string of the molecule is CC1(C)C2CCC[C@H]1C2.CCNC(=O)C(=O)CC[C@H](NC(=O)c1cncn1C)C(=O)Nc1cccn(CC(=O)NC)c1=O. The Kier molecular flexibility index (Phi) is 11.4. The van der Waals surface area contributed by atoms with Crippen LogP contribution in [0.25, 0.3) is 0 Å². The lowest BCUT2D eigenvalue weighted by Crippen LogP contribution is -2.47. The number of hydrogen-bond acceptors (Lipinski definition) is 7. The Morgan fingerprint density at radius 1 is 1.14 bits per heavy atom. The summed E-state index contributed by atoms with van der Waals surface area (Å²) in [6, 6.07) is 1.58. The maximum absolute atomic E-state index is 13.0. The molecule has 234 valence electrons. The highest BCUT2D eigenvalue weighted by Crippen LogP contribution is 2.58. The Morgan fingerprint density at radius 2 is 1.84 bits per heavy atom. The van der Waals surface area contributed by atoms with E-state index in [1.54, 1.807) is 20.4 Å². The maximum atomic E-state index is 13.0. The number of nitrogens with one attached hydrogen (secondary N) is 4. The number of imidazole rings is 1. The van der Waals surface area contributed by atoms with Crippen molar-refractivity contribution in [1.82, 2.24) is 30.1 Å². The number of pyridine rings is 1. The molecular weight excluding hydrogens is 554 g/mol. The first-order valence-corrected chi connectivity index (χ1v) is 14.7. The number of Topliss-reactive ketones (excluding diaryl/α,β-unsaturated/α-hetero) is 1. The summed E-state index contributed by atoms with van der Waals surface area (Å²) in [5, 5.41) is 9.72. The number of carbonyl (C=O) groups excluding carboxylic acids is 5.